The molecule has 0 radical (unpaired) electrons. The highest BCUT2D eigenvalue weighted by molar-refractivity contribution is 5.94. The largest absolute Gasteiger partial charge is 0.379 e. The molecule has 1 N–H and O–H groups in total. The summed E-state index contributed by atoms with van der Waals surface area (Å²) < 4.78 is 19.2. The Labute approximate surface area is 147 Å². The van der Waals surface area contributed by atoms with Crippen molar-refractivity contribution in [3.63, 3.8) is 0 Å². The summed E-state index contributed by atoms with van der Waals surface area (Å²) in [5, 5.41) is 3.06. The molecule has 132 valence electrons. The monoisotopic (exact) mass is 342 g/mol. The second-order valence-electron chi connectivity index (χ2n) is 6.31. The first kappa shape index (κ1) is 17.6. The highest BCUT2D eigenvalue weighted by atomic mass is 19.1. The van der Waals surface area contributed by atoms with Gasteiger partial charge >= 0.3 is 0 Å². The molecular formula is C20H23FN2O2. The maximum Gasteiger partial charge on any atom is 0.251 e. The smallest absolute Gasteiger partial charge is 0.251 e. The van der Waals surface area contributed by atoms with Gasteiger partial charge in [0.2, 0.25) is 0 Å². The van der Waals surface area contributed by atoms with Crippen LogP contribution in [-0.4, -0.2) is 43.7 Å². The van der Waals surface area contributed by atoms with Gasteiger partial charge in [0.05, 0.1) is 19.3 Å². The fraction of sp³-hybridized carbons (Fsp3) is 0.350. The van der Waals surface area contributed by atoms with Crippen LogP contribution in [0.1, 0.15) is 27.5 Å². The molecule has 1 aliphatic heterocycles. The number of ether oxygens (including phenoxy) is 1. The molecule has 1 fully saturated rings. The number of hydrogen-bond acceptors (Lipinski definition) is 3. The van der Waals surface area contributed by atoms with Gasteiger partial charge in [-0.1, -0.05) is 36.4 Å². The molecule has 1 aliphatic rings. The highest BCUT2D eigenvalue weighted by Gasteiger charge is 2.21. The van der Waals surface area contributed by atoms with Crippen LogP contribution in [0.4, 0.5) is 4.39 Å². The lowest BCUT2D eigenvalue weighted by atomic mass is 10.0. The summed E-state index contributed by atoms with van der Waals surface area (Å²) in [5.74, 6) is -0.627. The highest BCUT2D eigenvalue weighted by Crippen LogP contribution is 2.17. The molecule has 3 rings (SSSR count). The number of rotatable bonds is 5. The molecule has 0 spiro atoms. The number of nitrogens with one attached hydrogen (secondary N) is 1. The molecule has 0 aromatic heterocycles. The first-order valence-corrected chi connectivity index (χ1v) is 8.55. The topological polar surface area (TPSA) is 41.6 Å². The van der Waals surface area contributed by atoms with Gasteiger partial charge in [0.1, 0.15) is 5.82 Å². The Morgan fingerprint density at radius 2 is 1.92 bits per heavy atom. The van der Waals surface area contributed by atoms with Gasteiger partial charge < -0.3 is 10.1 Å². The summed E-state index contributed by atoms with van der Waals surface area (Å²) >= 11 is 0. The Bertz CT molecular complexity index is 715. The molecule has 5 heteroatoms. The minimum atomic E-state index is -0.364. The zero-order valence-corrected chi connectivity index (χ0v) is 14.4. The fourth-order valence-corrected chi connectivity index (χ4v) is 2.94. The summed E-state index contributed by atoms with van der Waals surface area (Å²) in [6, 6.07) is 14.3. The van der Waals surface area contributed by atoms with Crippen molar-refractivity contribution in [3.8, 4) is 0 Å². The number of morpholine rings is 1. The van der Waals surface area contributed by atoms with Crippen molar-refractivity contribution in [3.05, 3.63) is 71.0 Å². The molecule has 1 saturated heterocycles. The molecule has 1 atom stereocenters. The van der Waals surface area contributed by atoms with Gasteiger partial charge in [0.25, 0.3) is 5.91 Å². The molecule has 0 unspecified atom stereocenters. The number of hydrogen-bond donors (Lipinski definition) is 1. The summed E-state index contributed by atoms with van der Waals surface area (Å²) in [7, 11) is 0. The molecule has 2 aromatic carbocycles. The first-order chi connectivity index (χ1) is 12.1. The van der Waals surface area contributed by atoms with E-state index in [9.17, 15) is 9.18 Å². The number of carbonyl (C=O) groups excluding carboxylic acids is 1. The van der Waals surface area contributed by atoms with Crippen LogP contribution in [0.15, 0.2) is 48.5 Å². The van der Waals surface area contributed by atoms with E-state index in [1.165, 1.54) is 6.07 Å². The van der Waals surface area contributed by atoms with Crippen molar-refractivity contribution < 1.29 is 13.9 Å². The number of carbonyl (C=O) groups is 1. The van der Waals surface area contributed by atoms with Gasteiger partial charge in [-0.05, 0) is 30.2 Å². The third-order valence-corrected chi connectivity index (χ3v) is 4.49. The van der Waals surface area contributed by atoms with Gasteiger partial charge in [-0.15, -0.1) is 0 Å². The van der Waals surface area contributed by atoms with Crippen molar-refractivity contribution in [2.24, 2.45) is 0 Å². The average molecular weight is 342 g/mol. The predicted molar refractivity (Wildman–Crippen MR) is 95.0 cm³/mol. The van der Waals surface area contributed by atoms with E-state index in [4.69, 9.17) is 4.74 Å². The Balaban J connectivity index is 1.76. The maximum absolute atomic E-state index is 13.8. The zero-order chi connectivity index (χ0) is 17.6. The molecule has 25 heavy (non-hydrogen) atoms. The molecule has 2 aromatic rings. The molecular weight excluding hydrogens is 319 g/mol. The molecule has 1 amide bonds. The zero-order valence-electron chi connectivity index (χ0n) is 14.4. The Hall–Kier alpha value is -2.24. The summed E-state index contributed by atoms with van der Waals surface area (Å²) in [6.45, 7) is 5.49. The lowest BCUT2D eigenvalue weighted by Crippen LogP contribution is -2.43. The quantitative estimate of drug-likeness (QED) is 0.908. The van der Waals surface area contributed by atoms with Crippen molar-refractivity contribution >= 4 is 5.91 Å². The Morgan fingerprint density at radius 3 is 2.60 bits per heavy atom. The van der Waals surface area contributed by atoms with E-state index in [1.807, 2.05) is 30.3 Å². The first-order valence-electron chi connectivity index (χ1n) is 8.55. The molecule has 1 heterocycles. The van der Waals surface area contributed by atoms with Crippen molar-refractivity contribution in [2.75, 3.05) is 32.8 Å². The second-order valence-corrected chi connectivity index (χ2v) is 6.31. The average Bonchev–Trinajstić information content (AvgIpc) is 2.65. The van der Waals surface area contributed by atoms with Crippen molar-refractivity contribution in [1.82, 2.24) is 10.2 Å². The number of halogens is 1. The fourth-order valence-electron chi connectivity index (χ4n) is 2.94. The predicted octanol–water partition coefficient (Wildman–Crippen LogP) is 2.94. The number of aryl methyl sites for hydroxylation is 1. The van der Waals surface area contributed by atoms with Gasteiger partial charge in [-0.2, -0.15) is 0 Å². The molecule has 0 aliphatic carbocycles. The van der Waals surface area contributed by atoms with E-state index < -0.39 is 0 Å². The van der Waals surface area contributed by atoms with Crippen LogP contribution >= 0.6 is 0 Å². The summed E-state index contributed by atoms with van der Waals surface area (Å²) in [5.41, 5.74) is 1.91. The van der Waals surface area contributed by atoms with Crippen LogP contribution in [0.2, 0.25) is 0 Å². The normalized spacial score (nSPS) is 16.4. The van der Waals surface area contributed by atoms with Crippen LogP contribution in [0.25, 0.3) is 0 Å². The van der Waals surface area contributed by atoms with Crippen LogP contribution < -0.4 is 5.32 Å². The number of nitrogens with zero attached hydrogens (tertiary/aromatic N) is 1. The second kappa shape index (κ2) is 8.23. The van der Waals surface area contributed by atoms with Gasteiger partial charge in [-0.3, -0.25) is 9.69 Å². The molecule has 4 nitrogen and oxygen atoms in total. The van der Waals surface area contributed by atoms with Crippen LogP contribution in [-0.2, 0) is 4.74 Å². The van der Waals surface area contributed by atoms with E-state index in [2.05, 4.69) is 10.2 Å². The van der Waals surface area contributed by atoms with Crippen molar-refractivity contribution in [2.45, 2.75) is 13.0 Å². The maximum atomic E-state index is 13.8. The lowest BCUT2D eigenvalue weighted by Gasteiger charge is -2.31. The van der Waals surface area contributed by atoms with Gasteiger partial charge in [0, 0.05) is 25.2 Å². The third-order valence-electron chi connectivity index (χ3n) is 4.49. The van der Waals surface area contributed by atoms with E-state index in [0.717, 1.165) is 18.7 Å². The number of benzene rings is 2. The standard InChI is InChI=1S/C20H23FN2O2/c1-15-7-8-17(13-18(15)21)20(24)22-19(16-5-3-2-4-6-16)14-23-9-11-25-12-10-23/h2-8,13,19H,9-12,14H2,1H3,(H,22,24)/t19-/m1/s1. The molecule has 0 saturated carbocycles. The van der Waals surface area contributed by atoms with E-state index in [0.29, 0.717) is 30.9 Å². The van der Waals surface area contributed by atoms with Crippen LogP contribution in [0, 0.1) is 12.7 Å². The van der Waals surface area contributed by atoms with Crippen molar-refractivity contribution in [1.29, 1.82) is 0 Å². The van der Waals surface area contributed by atoms with Crippen LogP contribution in [0.5, 0.6) is 0 Å². The van der Waals surface area contributed by atoms with E-state index in [1.54, 1.807) is 19.1 Å². The number of amides is 1. The Morgan fingerprint density at radius 1 is 1.20 bits per heavy atom. The van der Waals surface area contributed by atoms with Gasteiger partial charge in [-0.25, -0.2) is 4.39 Å². The third kappa shape index (κ3) is 4.65. The Kier molecular flexibility index (Phi) is 5.79. The van der Waals surface area contributed by atoms with Gasteiger partial charge in [0.15, 0.2) is 0 Å². The molecule has 0 bridgehead atoms. The summed E-state index contributed by atoms with van der Waals surface area (Å²) in [6.07, 6.45) is 0. The summed E-state index contributed by atoms with van der Waals surface area (Å²) in [4.78, 5) is 14.9. The SMILES string of the molecule is Cc1ccc(C(=O)N[C@H](CN2CCOCC2)c2ccccc2)cc1F. The minimum absolute atomic E-state index is 0.156. The van der Waals surface area contributed by atoms with E-state index in [-0.39, 0.29) is 17.8 Å². The minimum Gasteiger partial charge on any atom is -0.379 e. The lowest BCUT2D eigenvalue weighted by molar-refractivity contribution is 0.0332. The van der Waals surface area contributed by atoms with Crippen LogP contribution in [0.3, 0.4) is 0 Å². The van der Waals surface area contributed by atoms with E-state index >= 15 is 0 Å².